The van der Waals surface area contributed by atoms with Crippen LogP contribution in [0.1, 0.15) is 47.7 Å². The molecule has 174 valence electrons. The molecule has 1 unspecified atom stereocenters. The van der Waals surface area contributed by atoms with Gasteiger partial charge in [0.1, 0.15) is 17.4 Å². The fourth-order valence-corrected chi connectivity index (χ4v) is 3.87. The Balaban J connectivity index is 2.13. The minimum absolute atomic E-state index is 0.0572. The number of aryl methyl sites for hydroxylation is 1. The molecular formula is C23H23F3N4O3. The zero-order valence-corrected chi connectivity index (χ0v) is 18.6. The standard InChI is InChI=1S/C23H23F3N4O3/c1-5-32-22(31)19-14(4)33-21(28)17(10-27)20(19)16-9-12(2)8-15(13(16)3)11-30-7-6-18(29-30)23(24,25)26/h6-9,20H,5,11,28H2,1-4H3. The van der Waals surface area contributed by atoms with Crippen molar-refractivity contribution in [3.63, 3.8) is 0 Å². The first-order valence-corrected chi connectivity index (χ1v) is 10.1. The van der Waals surface area contributed by atoms with Crippen molar-refractivity contribution in [2.75, 3.05) is 6.61 Å². The van der Waals surface area contributed by atoms with Crippen LogP contribution in [0.4, 0.5) is 13.2 Å². The van der Waals surface area contributed by atoms with E-state index < -0.39 is 23.8 Å². The van der Waals surface area contributed by atoms with Gasteiger partial charge in [0.05, 0.1) is 24.6 Å². The number of aromatic nitrogens is 2. The molecule has 1 atom stereocenters. The lowest BCUT2D eigenvalue weighted by Crippen LogP contribution is -2.26. The Hall–Kier alpha value is -3.74. The maximum absolute atomic E-state index is 12.9. The van der Waals surface area contributed by atoms with Crippen LogP contribution < -0.4 is 5.73 Å². The number of allylic oxidation sites excluding steroid dienone is 2. The number of halogens is 3. The van der Waals surface area contributed by atoms with Gasteiger partial charge < -0.3 is 15.2 Å². The van der Waals surface area contributed by atoms with Crippen molar-refractivity contribution in [3.05, 3.63) is 75.1 Å². The van der Waals surface area contributed by atoms with E-state index in [2.05, 4.69) is 5.10 Å². The van der Waals surface area contributed by atoms with Crippen LogP contribution in [0.5, 0.6) is 0 Å². The Kier molecular flexibility index (Phi) is 6.53. The number of esters is 1. The molecule has 0 radical (unpaired) electrons. The highest BCUT2D eigenvalue weighted by Gasteiger charge is 2.37. The van der Waals surface area contributed by atoms with Gasteiger partial charge in [-0.15, -0.1) is 0 Å². The Labute approximate surface area is 188 Å². The van der Waals surface area contributed by atoms with Gasteiger partial charge in [-0.2, -0.15) is 23.5 Å². The van der Waals surface area contributed by atoms with E-state index >= 15 is 0 Å². The predicted octanol–water partition coefficient (Wildman–Crippen LogP) is 4.21. The van der Waals surface area contributed by atoms with Crippen LogP contribution in [-0.2, 0) is 27.0 Å². The molecular weight excluding hydrogens is 437 g/mol. The van der Waals surface area contributed by atoms with Crippen molar-refractivity contribution in [3.8, 4) is 6.07 Å². The fraction of sp³-hybridized carbons (Fsp3) is 0.348. The second-order valence-corrected chi connectivity index (χ2v) is 7.65. The molecule has 1 aliphatic rings. The summed E-state index contributed by atoms with van der Waals surface area (Å²) in [7, 11) is 0. The van der Waals surface area contributed by atoms with E-state index in [4.69, 9.17) is 15.2 Å². The highest BCUT2D eigenvalue weighted by Crippen LogP contribution is 2.42. The van der Waals surface area contributed by atoms with Crippen molar-refractivity contribution in [1.82, 2.24) is 9.78 Å². The van der Waals surface area contributed by atoms with Crippen molar-refractivity contribution in [2.24, 2.45) is 5.73 Å². The Morgan fingerprint density at radius 2 is 2.03 bits per heavy atom. The van der Waals surface area contributed by atoms with Gasteiger partial charge in [0.15, 0.2) is 5.69 Å². The molecule has 10 heteroatoms. The number of nitrogens with zero attached hydrogens (tertiary/aromatic N) is 3. The fourth-order valence-electron chi connectivity index (χ4n) is 3.87. The summed E-state index contributed by atoms with van der Waals surface area (Å²) in [6.07, 6.45) is -3.29. The molecule has 1 aromatic carbocycles. The Bertz CT molecular complexity index is 1200. The van der Waals surface area contributed by atoms with Crippen LogP contribution in [0.25, 0.3) is 0 Å². The van der Waals surface area contributed by atoms with Gasteiger partial charge in [0.2, 0.25) is 5.88 Å². The van der Waals surface area contributed by atoms with E-state index in [-0.39, 0.29) is 35.9 Å². The lowest BCUT2D eigenvalue weighted by Gasteiger charge is -2.28. The molecule has 1 aliphatic heterocycles. The van der Waals surface area contributed by atoms with Gasteiger partial charge in [-0.25, -0.2) is 4.79 Å². The summed E-state index contributed by atoms with van der Waals surface area (Å²) in [5.41, 5.74) is 7.96. The largest absolute Gasteiger partial charge is 0.463 e. The van der Waals surface area contributed by atoms with E-state index in [1.165, 1.54) is 10.9 Å². The third kappa shape index (κ3) is 4.72. The van der Waals surface area contributed by atoms with Gasteiger partial charge in [-0.1, -0.05) is 17.7 Å². The van der Waals surface area contributed by atoms with Crippen LogP contribution in [-0.4, -0.2) is 22.4 Å². The third-order valence-corrected chi connectivity index (χ3v) is 5.38. The molecule has 0 saturated heterocycles. The van der Waals surface area contributed by atoms with E-state index in [1.54, 1.807) is 20.8 Å². The SMILES string of the molecule is CCOC(=O)C1=C(C)OC(N)=C(C#N)C1c1cc(C)cc(Cn2ccc(C(F)(F)F)n2)c1C. The topological polar surface area (TPSA) is 103 Å². The summed E-state index contributed by atoms with van der Waals surface area (Å²) in [4.78, 5) is 12.8. The number of nitriles is 1. The van der Waals surface area contributed by atoms with Gasteiger partial charge >= 0.3 is 12.1 Å². The van der Waals surface area contributed by atoms with E-state index in [9.17, 15) is 23.2 Å². The van der Waals surface area contributed by atoms with Gasteiger partial charge in [-0.3, -0.25) is 4.68 Å². The summed E-state index contributed by atoms with van der Waals surface area (Å²) in [5.74, 6) is -1.37. The molecule has 2 heterocycles. The Morgan fingerprint density at radius 1 is 1.33 bits per heavy atom. The lowest BCUT2D eigenvalue weighted by molar-refractivity contribution is -0.141. The zero-order valence-electron chi connectivity index (χ0n) is 18.6. The van der Waals surface area contributed by atoms with Crippen molar-refractivity contribution in [2.45, 2.75) is 46.3 Å². The lowest BCUT2D eigenvalue weighted by atomic mass is 9.79. The quantitative estimate of drug-likeness (QED) is 0.671. The smallest absolute Gasteiger partial charge is 0.435 e. The summed E-state index contributed by atoms with van der Waals surface area (Å²) in [5, 5.41) is 13.4. The van der Waals surface area contributed by atoms with Crippen LogP contribution in [0.2, 0.25) is 0 Å². The molecule has 1 aromatic heterocycles. The van der Waals surface area contributed by atoms with Crippen molar-refractivity contribution in [1.29, 1.82) is 5.26 Å². The molecule has 33 heavy (non-hydrogen) atoms. The summed E-state index contributed by atoms with van der Waals surface area (Å²) >= 11 is 0. The average Bonchev–Trinajstić information content (AvgIpc) is 3.19. The first-order valence-electron chi connectivity index (χ1n) is 10.1. The summed E-state index contributed by atoms with van der Waals surface area (Å²) in [6, 6.07) is 6.58. The molecule has 0 aliphatic carbocycles. The summed E-state index contributed by atoms with van der Waals surface area (Å²) in [6.45, 7) is 7.01. The zero-order chi connectivity index (χ0) is 24.5. The van der Waals surface area contributed by atoms with Crippen molar-refractivity contribution >= 4 is 5.97 Å². The molecule has 0 fully saturated rings. The first kappa shape index (κ1) is 23.9. The number of rotatable bonds is 5. The second-order valence-electron chi connectivity index (χ2n) is 7.65. The molecule has 0 amide bonds. The van der Waals surface area contributed by atoms with Gasteiger partial charge in [0.25, 0.3) is 0 Å². The highest BCUT2D eigenvalue weighted by molar-refractivity contribution is 5.92. The van der Waals surface area contributed by atoms with E-state index in [0.717, 1.165) is 11.6 Å². The number of nitrogens with two attached hydrogens (primary N) is 1. The maximum Gasteiger partial charge on any atom is 0.435 e. The Morgan fingerprint density at radius 3 is 2.61 bits per heavy atom. The minimum atomic E-state index is -4.54. The second kappa shape index (κ2) is 9.02. The molecule has 0 saturated carbocycles. The normalized spacial score (nSPS) is 16.5. The molecule has 7 nitrogen and oxygen atoms in total. The van der Waals surface area contributed by atoms with Crippen LogP contribution in [0, 0.1) is 25.2 Å². The number of ether oxygens (including phenoxy) is 2. The number of carbonyl (C=O) groups excluding carboxylic acids is 1. The predicted molar refractivity (Wildman–Crippen MR) is 112 cm³/mol. The van der Waals surface area contributed by atoms with Crippen LogP contribution in [0.15, 0.2) is 47.2 Å². The maximum atomic E-state index is 12.9. The average molecular weight is 460 g/mol. The van der Waals surface area contributed by atoms with Crippen LogP contribution >= 0.6 is 0 Å². The van der Waals surface area contributed by atoms with E-state index in [0.29, 0.717) is 16.7 Å². The third-order valence-electron chi connectivity index (χ3n) is 5.38. The number of hydrogen-bond donors (Lipinski definition) is 1. The van der Waals surface area contributed by atoms with E-state index in [1.807, 2.05) is 25.1 Å². The molecule has 0 spiro atoms. The minimum Gasteiger partial charge on any atom is -0.463 e. The number of hydrogen-bond acceptors (Lipinski definition) is 6. The van der Waals surface area contributed by atoms with Gasteiger partial charge in [-0.05, 0) is 50.5 Å². The summed E-state index contributed by atoms with van der Waals surface area (Å²) < 4.78 is 50.7. The number of benzene rings is 1. The van der Waals surface area contributed by atoms with Crippen LogP contribution in [0.3, 0.4) is 0 Å². The molecule has 2 N–H and O–H groups in total. The first-order chi connectivity index (χ1) is 15.5. The monoisotopic (exact) mass is 460 g/mol. The molecule has 0 bridgehead atoms. The van der Waals surface area contributed by atoms with Gasteiger partial charge in [0, 0.05) is 6.20 Å². The molecule has 2 aromatic rings. The number of alkyl halides is 3. The van der Waals surface area contributed by atoms with Crippen molar-refractivity contribution < 1.29 is 27.4 Å². The number of carbonyl (C=O) groups is 1. The highest BCUT2D eigenvalue weighted by atomic mass is 19.4. The molecule has 3 rings (SSSR count).